The van der Waals surface area contributed by atoms with Crippen molar-refractivity contribution in [2.75, 3.05) is 20.1 Å². The first-order valence-electron chi connectivity index (χ1n) is 5.90. The van der Waals surface area contributed by atoms with Gasteiger partial charge in [-0.05, 0) is 19.9 Å². The lowest BCUT2D eigenvalue weighted by atomic mass is 10.1. The molecule has 0 saturated heterocycles. The molecule has 0 atom stereocenters. The first-order valence-corrected chi connectivity index (χ1v) is 5.90. The fraction of sp³-hybridized carbons (Fsp3) is 0.833. The predicted molar refractivity (Wildman–Crippen MR) is 62.3 cm³/mol. The van der Waals surface area contributed by atoms with E-state index in [0.717, 1.165) is 12.6 Å². The van der Waals surface area contributed by atoms with Crippen molar-refractivity contribution in [1.29, 1.82) is 0 Å². The van der Waals surface area contributed by atoms with Crippen molar-refractivity contribution in [1.82, 2.24) is 4.90 Å². The van der Waals surface area contributed by atoms with Gasteiger partial charge in [0.2, 0.25) is 0 Å². The Balaban J connectivity index is 2.26. The van der Waals surface area contributed by atoms with Crippen LogP contribution in [0.25, 0.3) is 0 Å². The summed E-state index contributed by atoms with van der Waals surface area (Å²) in [5, 5.41) is 0. The first kappa shape index (κ1) is 11.7. The molecule has 1 aliphatic rings. The molecule has 1 saturated carbocycles. The summed E-state index contributed by atoms with van der Waals surface area (Å²) in [4.78, 5) is 2.47. The standard InChI is InChI=1S/C12H24N2/c1-14(11-7-6-10-13)12-8-4-2-3-5-9-12/h6-7,12H,2-5,8-11,13H2,1H3. The maximum absolute atomic E-state index is 5.41. The van der Waals surface area contributed by atoms with Gasteiger partial charge in [-0.15, -0.1) is 0 Å². The molecule has 0 aromatic heterocycles. The van der Waals surface area contributed by atoms with Gasteiger partial charge in [-0.2, -0.15) is 0 Å². The zero-order valence-corrected chi connectivity index (χ0v) is 9.41. The van der Waals surface area contributed by atoms with Gasteiger partial charge in [0.15, 0.2) is 0 Å². The normalized spacial score (nSPS) is 20.5. The minimum atomic E-state index is 0.665. The summed E-state index contributed by atoms with van der Waals surface area (Å²) in [7, 11) is 2.23. The Morgan fingerprint density at radius 2 is 1.79 bits per heavy atom. The lowest BCUT2D eigenvalue weighted by Crippen LogP contribution is -2.31. The number of nitrogens with zero attached hydrogens (tertiary/aromatic N) is 1. The summed E-state index contributed by atoms with van der Waals surface area (Å²) in [5.41, 5.74) is 5.41. The molecule has 0 heterocycles. The van der Waals surface area contributed by atoms with Crippen molar-refractivity contribution >= 4 is 0 Å². The highest BCUT2D eigenvalue weighted by atomic mass is 15.1. The van der Waals surface area contributed by atoms with Gasteiger partial charge in [0.25, 0.3) is 0 Å². The summed E-state index contributed by atoms with van der Waals surface area (Å²) in [6.45, 7) is 1.72. The van der Waals surface area contributed by atoms with E-state index in [0.29, 0.717) is 6.54 Å². The molecule has 0 radical (unpaired) electrons. The van der Waals surface area contributed by atoms with Gasteiger partial charge in [-0.1, -0.05) is 37.8 Å². The van der Waals surface area contributed by atoms with E-state index in [4.69, 9.17) is 5.73 Å². The molecule has 82 valence electrons. The van der Waals surface area contributed by atoms with Crippen LogP contribution in [0.15, 0.2) is 12.2 Å². The molecule has 0 spiro atoms. The number of hydrogen-bond donors (Lipinski definition) is 1. The summed E-state index contributed by atoms with van der Waals surface area (Å²) < 4.78 is 0. The highest BCUT2D eigenvalue weighted by molar-refractivity contribution is 4.86. The first-order chi connectivity index (χ1) is 6.84. The fourth-order valence-electron chi connectivity index (χ4n) is 2.18. The van der Waals surface area contributed by atoms with Crippen LogP contribution in [0.3, 0.4) is 0 Å². The number of rotatable bonds is 4. The van der Waals surface area contributed by atoms with Gasteiger partial charge < -0.3 is 5.73 Å². The molecule has 2 heteroatoms. The summed E-state index contributed by atoms with van der Waals surface area (Å²) in [5.74, 6) is 0. The van der Waals surface area contributed by atoms with Crippen molar-refractivity contribution in [2.45, 2.75) is 44.6 Å². The second-order valence-electron chi connectivity index (χ2n) is 4.29. The summed E-state index contributed by atoms with van der Waals surface area (Å²) in [6, 6.07) is 0.805. The van der Waals surface area contributed by atoms with Crippen molar-refractivity contribution in [3.05, 3.63) is 12.2 Å². The third-order valence-electron chi connectivity index (χ3n) is 3.14. The largest absolute Gasteiger partial charge is 0.327 e. The monoisotopic (exact) mass is 196 g/mol. The molecule has 2 nitrogen and oxygen atoms in total. The van der Waals surface area contributed by atoms with E-state index in [2.05, 4.69) is 18.0 Å². The molecule has 1 aliphatic carbocycles. The van der Waals surface area contributed by atoms with Crippen LogP contribution in [-0.4, -0.2) is 31.1 Å². The lowest BCUT2D eigenvalue weighted by molar-refractivity contribution is 0.242. The van der Waals surface area contributed by atoms with Crippen molar-refractivity contribution in [3.8, 4) is 0 Å². The molecule has 0 unspecified atom stereocenters. The van der Waals surface area contributed by atoms with Gasteiger partial charge in [0.05, 0.1) is 0 Å². The minimum absolute atomic E-state index is 0.665. The third-order valence-corrected chi connectivity index (χ3v) is 3.14. The highest BCUT2D eigenvalue weighted by Gasteiger charge is 2.15. The average Bonchev–Trinajstić information content (AvgIpc) is 2.46. The minimum Gasteiger partial charge on any atom is -0.327 e. The molecule has 0 aliphatic heterocycles. The molecule has 0 aromatic rings. The number of hydrogen-bond acceptors (Lipinski definition) is 2. The Bertz CT molecular complexity index is 158. The van der Waals surface area contributed by atoms with Crippen LogP contribution in [0.1, 0.15) is 38.5 Å². The van der Waals surface area contributed by atoms with Crippen molar-refractivity contribution in [2.24, 2.45) is 5.73 Å². The van der Waals surface area contributed by atoms with Crippen molar-refractivity contribution in [3.63, 3.8) is 0 Å². The van der Waals surface area contributed by atoms with E-state index in [-0.39, 0.29) is 0 Å². The maximum atomic E-state index is 5.41. The third kappa shape index (κ3) is 4.25. The molecule has 2 N–H and O–H groups in total. The van der Waals surface area contributed by atoms with Gasteiger partial charge >= 0.3 is 0 Å². The maximum Gasteiger partial charge on any atom is 0.0163 e. The summed E-state index contributed by atoms with van der Waals surface area (Å²) >= 11 is 0. The van der Waals surface area contributed by atoms with E-state index >= 15 is 0 Å². The van der Waals surface area contributed by atoms with Crippen LogP contribution < -0.4 is 5.73 Å². The topological polar surface area (TPSA) is 29.3 Å². The van der Waals surface area contributed by atoms with Gasteiger partial charge in [-0.25, -0.2) is 0 Å². The zero-order valence-electron chi connectivity index (χ0n) is 9.41. The molecule has 1 rings (SSSR count). The van der Waals surface area contributed by atoms with Crippen LogP contribution >= 0.6 is 0 Å². The van der Waals surface area contributed by atoms with Crippen LogP contribution in [0.4, 0.5) is 0 Å². The Morgan fingerprint density at radius 3 is 2.36 bits per heavy atom. The molecule has 1 fully saturated rings. The molecule has 0 aromatic carbocycles. The SMILES string of the molecule is CN(CC=CCN)C1CCCCCC1. The smallest absolute Gasteiger partial charge is 0.0163 e. The fourth-order valence-corrected chi connectivity index (χ4v) is 2.18. The second-order valence-corrected chi connectivity index (χ2v) is 4.29. The molecule has 0 bridgehead atoms. The average molecular weight is 196 g/mol. The van der Waals surface area contributed by atoms with Crippen LogP contribution in [0, 0.1) is 0 Å². The number of nitrogens with two attached hydrogens (primary N) is 1. The van der Waals surface area contributed by atoms with Crippen LogP contribution in [-0.2, 0) is 0 Å². The second kappa shape index (κ2) is 7.02. The Hall–Kier alpha value is -0.340. The molecular formula is C12H24N2. The predicted octanol–water partition coefficient (Wildman–Crippen LogP) is 2.16. The highest BCUT2D eigenvalue weighted by Crippen LogP contribution is 2.20. The molecular weight excluding hydrogens is 172 g/mol. The van der Waals surface area contributed by atoms with E-state index < -0.39 is 0 Å². The molecule has 0 amide bonds. The number of likely N-dealkylation sites (N-methyl/N-ethyl adjacent to an activating group) is 1. The van der Waals surface area contributed by atoms with E-state index in [1.165, 1.54) is 38.5 Å². The van der Waals surface area contributed by atoms with Crippen LogP contribution in [0.5, 0.6) is 0 Å². The zero-order chi connectivity index (χ0) is 10.2. The van der Waals surface area contributed by atoms with Gasteiger partial charge in [0.1, 0.15) is 0 Å². The van der Waals surface area contributed by atoms with Crippen LogP contribution in [0.2, 0.25) is 0 Å². The van der Waals surface area contributed by atoms with E-state index in [1.807, 2.05) is 6.08 Å². The summed E-state index contributed by atoms with van der Waals surface area (Å²) in [6.07, 6.45) is 12.7. The van der Waals surface area contributed by atoms with Crippen molar-refractivity contribution < 1.29 is 0 Å². The lowest BCUT2D eigenvalue weighted by Gasteiger charge is -2.25. The Labute approximate surface area is 88.2 Å². The Kier molecular flexibility index (Phi) is 5.88. The van der Waals surface area contributed by atoms with Gasteiger partial charge in [-0.3, -0.25) is 4.90 Å². The van der Waals surface area contributed by atoms with E-state index in [9.17, 15) is 0 Å². The quantitative estimate of drug-likeness (QED) is 0.551. The van der Waals surface area contributed by atoms with E-state index in [1.54, 1.807) is 0 Å². The Morgan fingerprint density at radius 1 is 1.14 bits per heavy atom. The van der Waals surface area contributed by atoms with Gasteiger partial charge in [0, 0.05) is 19.1 Å². The molecule has 14 heavy (non-hydrogen) atoms.